The number of anilines is 1. The molecule has 0 saturated carbocycles. The fourth-order valence-electron chi connectivity index (χ4n) is 1.05. The Bertz CT molecular complexity index is 309. The fraction of sp³-hybridized carbons (Fsp3) is 0.444. The average Bonchev–Trinajstić information content (AvgIpc) is 2.10. The second kappa shape index (κ2) is 5.45. The summed E-state index contributed by atoms with van der Waals surface area (Å²) in [5.41, 5.74) is 0. The lowest BCUT2D eigenvalue weighted by Gasteiger charge is -2.14. The van der Waals surface area contributed by atoms with E-state index in [0.717, 1.165) is 3.57 Å². The summed E-state index contributed by atoms with van der Waals surface area (Å²) in [6.07, 6.45) is 1.20. The summed E-state index contributed by atoms with van der Waals surface area (Å²) in [6, 6.07) is 1.60. The average molecular weight is 310 g/mol. The molecule has 1 aromatic rings. The van der Waals surface area contributed by atoms with E-state index in [0.29, 0.717) is 12.4 Å². The van der Waals surface area contributed by atoms with Gasteiger partial charge in [-0.15, -0.1) is 0 Å². The summed E-state index contributed by atoms with van der Waals surface area (Å²) in [4.78, 5) is 3.95. The molecule has 0 aliphatic heterocycles. The highest BCUT2D eigenvalue weighted by molar-refractivity contribution is 14.1. The van der Waals surface area contributed by atoms with Gasteiger partial charge in [-0.2, -0.15) is 0 Å². The van der Waals surface area contributed by atoms with Gasteiger partial charge >= 0.3 is 0 Å². The van der Waals surface area contributed by atoms with Gasteiger partial charge < -0.3 is 10.1 Å². The van der Waals surface area contributed by atoms with Crippen molar-refractivity contribution in [2.45, 2.75) is 13.0 Å². The van der Waals surface area contributed by atoms with Crippen molar-refractivity contribution in [3.05, 3.63) is 21.7 Å². The summed E-state index contributed by atoms with van der Waals surface area (Å²) in [6.45, 7) is 2.57. The third kappa shape index (κ3) is 3.38. The molecule has 1 atom stereocenters. The molecule has 0 spiro atoms. The zero-order valence-corrected chi connectivity index (χ0v) is 10.2. The van der Waals surface area contributed by atoms with E-state index in [-0.39, 0.29) is 11.9 Å². The first kappa shape index (κ1) is 11.6. The number of hydrogen-bond acceptors (Lipinski definition) is 3. The molecule has 3 nitrogen and oxygen atoms in total. The van der Waals surface area contributed by atoms with Crippen LogP contribution in [0.3, 0.4) is 0 Å². The summed E-state index contributed by atoms with van der Waals surface area (Å²) >= 11 is 2.04. The van der Waals surface area contributed by atoms with Crippen LogP contribution in [0.2, 0.25) is 0 Å². The van der Waals surface area contributed by atoms with E-state index in [9.17, 15) is 4.39 Å². The van der Waals surface area contributed by atoms with Crippen molar-refractivity contribution in [1.82, 2.24) is 4.98 Å². The van der Waals surface area contributed by atoms with Crippen LogP contribution in [0.1, 0.15) is 6.92 Å². The Kier molecular flexibility index (Phi) is 4.53. The lowest BCUT2D eigenvalue weighted by molar-refractivity contribution is 0.190. The zero-order valence-electron chi connectivity index (χ0n) is 8.05. The Hall–Kier alpha value is -0.430. The maximum Gasteiger partial charge on any atom is 0.142 e. The first-order valence-electron chi connectivity index (χ1n) is 4.20. The van der Waals surface area contributed by atoms with Gasteiger partial charge in [-0.25, -0.2) is 9.37 Å². The van der Waals surface area contributed by atoms with Crippen LogP contribution >= 0.6 is 22.6 Å². The van der Waals surface area contributed by atoms with Crippen molar-refractivity contribution in [3.8, 4) is 0 Å². The maximum absolute atomic E-state index is 12.7. The Morgan fingerprint density at radius 1 is 1.71 bits per heavy atom. The second-order valence-corrected chi connectivity index (χ2v) is 4.15. The Morgan fingerprint density at radius 3 is 3.00 bits per heavy atom. The molecule has 0 amide bonds. The highest BCUT2D eigenvalue weighted by atomic mass is 127. The van der Waals surface area contributed by atoms with Gasteiger partial charge in [0.1, 0.15) is 11.6 Å². The SMILES string of the molecule is COCC(C)Nc1ncc(F)cc1I. The first-order valence-corrected chi connectivity index (χ1v) is 5.28. The number of hydrogen-bond donors (Lipinski definition) is 1. The van der Waals surface area contributed by atoms with Crippen molar-refractivity contribution in [2.24, 2.45) is 0 Å². The van der Waals surface area contributed by atoms with Crippen LogP contribution in [0.15, 0.2) is 12.3 Å². The van der Waals surface area contributed by atoms with Crippen LogP contribution in [0.5, 0.6) is 0 Å². The van der Waals surface area contributed by atoms with Crippen molar-refractivity contribution in [1.29, 1.82) is 0 Å². The van der Waals surface area contributed by atoms with E-state index in [1.54, 1.807) is 7.11 Å². The maximum atomic E-state index is 12.7. The molecular weight excluding hydrogens is 298 g/mol. The Labute approximate surface area is 96.2 Å². The minimum Gasteiger partial charge on any atom is -0.383 e. The van der Waals surface area contributed by atoms with Crippen LogP contribution in [0.4, 0.5) is 10.2 Å². The standard InChI is InChI=1S/C9H12FIN2O/c1-6(5-14-2)13-9-8(11)3-7(10)4-12-9/h3-4,6H,5H2,1-2H3,(H,12,13). The van der Waals surface area contributed by atoms with E-state index >= 15 is 0 Å². The van der Waals surface area contributed by atoms with Gasteiger partial charge in [-0.05, 0) is 35.6 Å². The molecule has 1 unspecified atom stereocenters. The molecule has 0 bridgehead atoms. The van der Waals surface area contributed by atoms with Crippen molar-refractivity contribution >= 4 is 28.4 Å². The predicted molar refractivity (Wildman–Crippen MR) is 61.9 cm³/mol. The summed E-state index contributed by atoms with van der Waals surface area (Å²) in [7, 11) is 1.64. The highest BCUT2D eigenvalue weighted by Gasteiger charge is 2.06. The fourth-order valence-corrected chi connectivity index (χ4v) is 1.64. The second-order valence-electron chi connectivity index (χ2n) is 2.98. The Balaban J connectivity index is 2.67. The quantitative estimate of drug-likeness (QED) is 0.866. The molecule has 14 heavy (non-hydrogen) atoms. The minimum absolute atomic E-state index is 0.159. The van der Waals surface area contributed by atoms with Gasteiger partial charge in [-0.3, -0.25) is 0 Å². The number of pyridine rings is 1. The Morgan fingerprint density at radius 2 is 2.43 bits per heavy atom. The predicted octanol–water partition coefficient (Wildman–Crippen LogP) is 2.27. The van der Waals surface area contributed by atoms with E-state index in [1.165, 1.54) is 12.3 Å². The van der Waals surface area contributed by atoms with Gasteiger partial charge in [0, 0.05) is 13.2 Å². The van der Waals surface area contributed by atoms with E-state index < -0.39 is 0 Å². The third-order valence-electron chi connectivity index (χ3n) is 1.61. The number of ether oxygens (including phenoxy) is 1. The lowest BCUT2D eigenvalue weighted by Crippen LogP contribution is -2.22. The molecule has 0 radical (unpaired) electrons. The molecule has 5 heteroatoms. The zero-order chi connectivity index (χ0) is 10.6. The molecule has 0 aliphatic carbocycles. The third-order valence-corrected chi connectivity index (χ3v) is 2.43. The van der Waals surface area contributed by atoms with Crippen LogP contribution in [0.25, 0.3) is 0 Å². The molecule has 1 N–H and O–H groups in total. The number of halogens is 2. The molecule has 1 aromatic heterocycles. The molecule has 0 aliphatic rings. The van der Waals surface area contributed by atoms with Gasteiger partial charge in [-0.1, -0.05) is 0 Å². The van der Waals surface area contributed by atoms with Gasteiger partial charge in [0.2, 0.25) is 0 Å². The van der Waals surface area contributed by atoms with Gasteiger partial charge in [0.05, 0.1) is 16.4 Å². The van der Waals surface area contributed by atoms with Crippen LogP contribution in [-0.2, 0) is 4.74 Å². The summed E-state index contributed by atoms with van der Waals surface area (Å²) in [5.74, 6) is 0.371. The summed E-state index contributed by atoms with van der Waals surface area (Å²) in [5, 5.41) is 3.13. The number of methoxy groups -OCH3 is 1. The lowest BCUT2D eigenvalue weighted by atomic mass is 10.3. The molecule has 0 saturated heterocycles. The monoisotopic (exact) mass is 310 g/mol. The molecule has 1 heterocycles. The number of nitrogens with zero attached hydrogens (tertiary/aromatic N) is 1. The van der Waals surface area contributed by atoms with E-state index in [2.05, 4.69) is 10.3 Å². The number of rotatable bonds is 4. The summed E-state index contributed by atoms with van der Waals surface area (Å²) < 4.78 is 18.5. The number of nitrogens with one attached hydrogen (secondary N) is 1. The van der Waals surface area contributed by atoms with Crippen molar-refractivity contribution in [2.75, 3.05) is 19.0 Å². The van der Waals surface area contributed by atoms with Crippen LogP contribution in [-0.4, -0.2) is 24.7 Å². The van der Waals surface area contributed by atoms with Crippen LogP contribution in [0, 0.1) is 9.39 Å². The molecule has 0 fully saturated rings. The first-order chi connectivity index (χ1) is 6.63. The van der Waals surface area contributed by atoms with Gasteiger partial charge in [0.25, 0.3) is 0 Å². The molecule has 0 aromatic carbocycles. The normalized spacial score (nSPS) is 12.6. The van der Waals surface area contributed by atoms with Crippen molar-refractivity contribution < 1.29 is 9.13 Å². The van der Waals surface area contributed by atoms with E-state index in [1.807, 2.05) is 29.5 Å². The minimum atomic E-state index is -0.320. The molecular formula is C9H12FIN2O. The molecule has 1 rings (SSSR count). The van der Waals surface area contributed by atoms with Crippen molar-refractivity contribution in [3.63, 3.8) is 0 Å². The van der Waals surface area contributed by atoms with E-state index in [4.69, 9.17) is 4.74 Å². The number of aromatic nitrogens is 1. The smallest absolute Gasteiger partial charge is 0.142 e. The van der Waals surface area contributed by atoms with Gasteiger partial charge in [0.15, 0.2) is 0 Å². The molecule has 78 valence electrons. The van der Waals surface area contributed by atoms with Crippen LogP contribution < -0.4 is 5.32 Å². The topological polar surface area (TPSA) is 34.1 Å². The highest BCUT2D eigenvalue weighted by Crippen LogP contribution is 2.16. The largest absolute Gasteiger partial charge is 0.383 e.